The van der Waals surface area contributed by atoms with E-state index in [-0.39, 0.29) is 0 Å². The molecular weight excluding hydrogens is 242 g/mol. The van der Waals surface area contributed by atoms with E-state index in [0.717, 1.165) is 6.42 Å². The molecule has 2 aromatic heterocycles. The van der Waals surface area contributed by atoms with E-state index in [4.69, 9.17) is 10.5 Å². The molecule has 0 bridgehead atoms. The number of fused-ring (bicyclic) bond motifs is 1. The van der Waals surface area contributed by atoms with Crippen LogP contribution in [0, 0.1) is 0 Å². The molecule has 3 aromatic rings. The van der Waals surface area contributed by atoms with Crippen molar-refractivity contribution >= 4 is 5.65 Å². The van der Waals surface area contributed by atoms with E-state index in [1.54, 1.807) is 23.1 Å². The quantitative estimate of drug-likeness (QED) is 0.762. The van der Waals surface area contributed by atoms with Crippen LogP contribution in [0.25, 0.3) is 5.65 Å². The van der Waals surface area contributed by atoms with Gasteiger partial charge in [-0.25, -0.2) is 4.98 Å². The first-order chi connectivity index (χ1) is 9.36. The van der Waals surface area contributed by atoms with Crippen LogP contribution in [0.4, 0.5) is 0 Å². The Kier molecular flexibility index (Phi) is 3.07. The third-order valence-electron chi connectivity index (χ3n) is 2.75. The van der Waals surface area contributed by atoms with Crippen LogP contribution in [0.5, 0.6) is 11.6 Å². The first-order valence-corrected chi connectivity index (χ1v) is 5.98. The van der Waals surface area contributed by atoms with Crippen molar-refractivity contribution in [2.75, 3.05) is 6.54 Å². The molecule has 0 fully saturated rings. The lowest BCUT2D eigenvalue weighted by atomic mass is 10.1. The molecule has 6 heteroatoms. The molecule has 0 amide bonds. The smallest absolute Gasteiger partial charge is 0.265 e. The Labute approximate surface area is 109 Å². The summed E-state index contributed by atoms with van der Waals surface area (Å²) in [6.45, 7) is 0.640. The molecule has 0 atom stereocenters. The summed E-state index contributed by atoms with van der Waals surface area (Å²) in [6.07, 6.45) is 5.88. The molecular formula is C13H13N5O. The van der Waals surface area contributed by atoms with Crippen molar-refractivity contribution in [1.82, 2.24) is 19.6 Å². The van der Waals surface area contributed by atoms with Gasteiger partial charge in [0.05, 0.1) is 0 Å². The van der Waals surface area contributed by atoms with Gasteiger partial charge in [-0.2, -0.15) is 0 Å². The van der Waals surface area contributed by atoms with E-state index in [1.165, 1.54) is 5.56 Å². The van der Waals surface area contributed by atoms with E-state index >= 15 is 0 Å². The molecule has 0 aliphatic rings. The van der Waals surface area contributed by atoms with Gasteiger partial charge in [-0.15, -0.1) is 10.2 Å². The summed E-state index contributed by atoms with van der Waals surface area (Å²) in [5.41, 5.74) is 7.29. The lowest BCUT2D eigenvalue weighted by Gasteiger charge is -2.06. The minimum atomic E-state index is 0.437. The minimum absolute atomic E-state index is 0.437. The van der Waals surface area contributed by atoms with E-state index in [2.05, 4.69) is 15.2 Å². The molecule has 2 N–H and O–H groups in total. The van der Waals surface area contributed by atoms with Gasteiger partial charge in [0.1, 0.15) is 12.1 Å². The summed E-state index contributed by atoms with van der Waals surface area (Å²) in [7, 11) is 0. The van der Waals surface area contributed by atoms with Gasteiger partial charge >= 0.3 is 0 Å². The fourth-order valence-electron chi connectivity index (χ4n) is 1.81. The van der Waals surface area contributed by atoms with Gasteiger partial charge in [0.15, 0.2) is 0 Å². The monoisotopic (exact) mass is 255 g/mol. The van der Waals surface area contributed by atoms with Gasteiger partial charge in [-0.3, -0.25) is 4.40 Å². The second kappa shape index (κ2) is 5.03. The molecule has 0 saturated carbocycles. The van der Waals surface area contributed by atoms with Crippen molar-refractivity contribution < 1.29 is 4.74 Å². The molecule has 3 rings (SSSR count). The number of aromatic nitrogens is 4. The molecule has 2 heterocycles. The highest BCUT2D eigenvalue weighted by Gasteiger charge is 2.07. The molecule has 0 spiro atoms. The number of benzene rings is 1. The zero-order valence-electron chi connectivity index (χ0n) is 10.2. The third-order valence-corrected chi connectivity index (χ3v) is 2.75. The van der Waals surface area contributed by atoms with Gasteiger partial charge in [-0.05, 0) is 30.7 Å². The van der Waals surface area contributed by atoms with Crippen molar-refractivity contribution in [2.45, 2.75) is 6.42 Å². The maximum Gasteiger partial charge on any atom is 0.265 e. The molecule has 0 radical (unpaired) electrons. The first-order valence-electron chi connectivity index (χ1n) is 5.98. The molecule has 19 heavy (non-hydrogen) atoms. The second-order valence-corrected chi connectivity index (χ2v) is 4.08. The summed E-state index contributed by atoms with van der Waals surface area (Å²) in [5, 5.41) is 7.79. The Morgan fingerprint density at radius 2 is 2.05 bits per heavy atom. The van der Waals surface area contributed by atoms with E-state index in [9.17, 15) is 0 Å². The Hall–Kier alpha value is -2.47. The number of nitrogens with zero attached hydrogens (tertiary/aromatic N) is 4. The standard InChI is InChI=1S/C13H13N5O/c14-6-5-10-1-3-11(4-2-10)19-13-12-17-16-9-18(12)8-7-15-13/h1-4,7-9H,5-6,14H2. The van der Waals surface area contributed by atoms with E-state index < -0.39 is 0 Å². The minimum Gasteiger partial charge on any atom is -0.436 e. The van der Waals surface area contributed by atoms with Crippen LogP contribution in [0.15, 0.2) is 43.0 Å². The summed E-state index contributed by atoms with van der Waals surface area (Å²) < 4.78 is 7.47. The maximum atomic E-state index is 5.72. The Morgan fingerprint density at radius 1 is 1.21 bits per heavy atom. The SMILES string of the molecule is NCCc1ccc(Oc2nccn3cnnc23)cc1. The second-order valence-electron chi connectivity index (χ2n) is 4.08. The number of hydrogen-bond donors (Lipinski definition) is 1. The molecule has 6 nitrogen and oxygen atoms in total. The lowest BCUT2D eigenvalue weighted by Crippen LogP contribution is -2.02. The number of ether oxygens (including phenoxy) is 1. The summed E-state index contributed by atoms with van der Waals surface area (Å²) in [5.74, 6) is 1.15. The summed E-state index contributed by atoms with van der Waals surface area (Å²) in [6, 6.07) is 7.78. The van der Waals surface area contributed by atoms with Crippen molar-refractivity contribution in [3.8, 4) is 11.6 Å². The van der Waals surface area contributed by atoms with Gasteiger partial charge in [-0.1, -0.05) is 12.1 Å². The van der Waals surface area contributed by atoms with Crippen LogP contribution in [0.3, 0.4) is 0 Å². The first kappa shape index (κ1) is 11.6. The highest BCUT2D eigenvalue weighted by atomic mass is 16.5. The van der Waals surface area contributed by atoms with E-state index in [1.807, 2.05) is 24.3 Å². The summed E-state index contributed by atoms with van der Waals surface area (Å²) >= 11 is 0. The van der Waals surface area contributed by atoms with Crippen molar-refractivity contribution in [2.24, 2.45) is 5.73 Å². The highest BCUT2D eigenvalue weighted by molar-refractivity contribution is 5.49. The average Bonchev–Trinajstić information content (AvgIpc) is 2.91. The summed E-state index contributed by atoms with van der Waals surface area (Å²) in [4.78, 5) is 4.17. The molecule has 96 valence electrons. The Bertz CT molecular complexity index is 677. The van der Waals surface area contributed by atoms with Gasteiger partial charge < -0.3 is 10.5 Å². The van der Waals surface area contributed by atoms with Gasteiger partial charge in [0.25, 0.3) is 5.88 Å². The number of rotatable bonds is 4. The van der Waals surface area contributed by atoms with Crippen molar-refractivity contribution in [3.63, 3.8) is 0 Å². The number of hydrogen-bond acceptors (Lipinski definition) is 5. The van der Waals surface area contributed by atoms with Gasteiger partial charge in [0, 0.05) is 12.4 Å². The predicted octanol–water partition coefficient (Wildman–Crippen LogP) is 1.42. The maximum absolute atomic E-state index is 5.72. The fraction of sp³-hybridized carbons (Fsp3) is 0.154. The largest absolute Gasteiger partial charge is 0.436 e. The molecule has 0 saturated heterocycles. The molecule has 0 aliphatic carbocycles. The average molecular weight is 255 g/mol. The topological polar surface area (TPSA) is 78.3 Å². The zero-order valence-corrected chi connectivity index (χ0v) is 10.2. The van der Waals surface area contributed by atoms with Gasteiger partial charge in [0.2, 0.25) is 5.65 Å². The van der Waals surface area contributed by atoms with Crippen LogP contribution >= 0.6 is 0 Å². The zero-order chi connectivity index (χ0) is 13.1. The highest BCUT2D eigenvalue weighted by Crippen LogP contribution is 2.22. The van der Waals surface area contributed by atoms with Crippen LogP contribution in [0.2, 0.25) is 0 Å². The number of nitrogens with two attached hydrogens (primary N) is 1. The van der Waals surface area contributed by atoms with Crippen LogP contribution in [-0.4, -0.2) is 26.1 Å². The third kappa shape index (κ3) is 2.38. The van der Waals surface area contributed by atoms with Crippen LogP contribution in [-0.2, 0) is 6.42 Å². The van der Waals surface area contributed by atoms with Crippen LogP contribution < -0.4 is 10.5 Å². The normalized spacial score (nSPS) is 10.8. The molecule has 1 aromatic carbocycles. The molecule has 0 aliphatic heterocycles. The van der Waals surface area contributed by atoms with Crippen molar-refractivity contribution in [1.29, 1.82) is 0 Å². The van der Waals surface area contributed by atoms with Crippen LogP contribution in [0.1, 0.15) is 5.56 Å². The predicted molar refractivity (Wildman–Crippen MR) is 70.1 cm³/mol. The lowest BCUT2D eigenvalue weighted by molar-refractivity contribution is 0.464. The Morgan fingerprint density at radius 3 is 2.84 bits per heavy atom. The van der Waals surface area contributed by atoms with E-state index in [0.29, 0.717) is 23.8 Å². The Balaban J connectivity index is 1.86. The fourth-order valence-corrected chi connectivity index (χ4v) is 1.81. The molecule has 0 unspecified atom stereocenters. The van der Waals surface area contributed by atoms with Crippen molar-refractivity contribution in [3.05, 3.63) is 48.5 Å².